The number of carboxylic acid groups (broad SMARTS) is 1. The summed E-state index contributed by atoms with van der Waals surface area (Å²) in [5.74, 6) is -2.91. The highest BCUT2D eigenvalue weighted by atomic mass is 35.5. The molecule has 6 rings (SSSR count). The largest absolute Gasteiger partial charge is 0.476 e. The molecule has 0 unspecified atom stereocenters. The van der Waals surface area contributed by atoms with E-state index < -0.39 is 34.7 Å². The molecule has 3 N–H and O–H groups in total. The predicted molar refractivity (Wildman–Crippen MR) is 131 cm³/mol. The number of oxazole rings is 1. The molecule has 2 aliphatic heterocycles. The Morgan fingerprint density at radius 3 is 2.67 bits per heavy atom. The molecule has 3 heterocycles. The van der Waals surface area contributed by atoms with Gasteiger partial charge in [-0.05, 0) is 42.2 Å². The topological polar surface area (TPSA) is 104 Å². The number of nitrogens with one attached hydrogen (secondary N) is 2. The molecule has 3 aromatic rings. The molecule has 3 atom stereocenters. The highest BCUT2D eigenvalue weighted by Crippen LogP contribution is 2.65. The van der Waals surface area contributed by atoms with Crippen molar-refractivity contribution in [3.63, 3.8) is 0 Å². The van der Waals surface area contributed by atoms with Gasteiger partial charge in [0.2, 0.25) is 11.8 Å². The summed E-state index contributed by atoms with van der Waals surface area (Å²) >= 11 is 12.5. The number of halogens is 3. The van der Waals surface area contributed by atoms with Crippen LogP contribution in [0.1, 0.15) is 71.6 Å². The van der Waals surface area contributed by atoms with Gasteiger partial charge in [0.15, 0.2) is 5.69 Å². The second-order valence-electron chi connectivity index (χ2n) is 9.71. The van der Waals surface area contributed by atoms with E-state index in [9.17, 15) is 14.7 Å². The second-order valence-corrected chi connectivity index (χ2v) is 10.6. The van der Waals surface area contributed by atoms with Crippen molar-refractivity contribution in [2.24, 2.45) is 0 Å². The van der Waals surface area contributed by atoms with Crippen molar-refractivity contribution in [2.75, 3.05) is 5.32 Å². The number of aromatic nitrogens is 1. The standard InChI is InChI=1S/C26H22Cl2FN3O4/c27-13-7-8-15-17(11-13)31-24(35)26(15)19(14-5-4-6-16(28)20(14)29)21(22-30-18(12-36-22)23(33)34)32-25(26)9-2-1-3-10-25/h4-8,11-12,19,21,32H,1-3,9-10H2,(H,31,35)(H,33,34)/t19-,21+,26+/m0/s1. The third-order valence-corrected chi connectivity index (χ3v) is 8.56. The van der Waals surface area contributed by atoms with Crippen LogP contribution in [-0.2, 0) is 10.2 Å². The monoisotopic (exact) mass is 529 g/mol. The Morgan fingerprint density at radius 2 is 1.94 bits per heavy atom. The lowest BCUT2D eigenvalue weighted by Crippen LogP contribution is -2.60. The van der Waals surface area contributed by atoms with E-state index in [1.165, 1.54) is 6.07 Å². The molecule has 1 aliphatic carbocycles. The number of anilines is 1. The van der Waals surface area contributed by atoms with Gasteiger partial charge in [-0.3, -0.25) is 10.1 Å². The number of rotatable bonds is 3. The minimum atomic E-state index is -1.25. The smallest absolute Gasteiger partial charge is 0.357 e. The maximum absolute atomic E-state index is 15.8. The number of carboxylic acids is 1. The third-order valence-electron chi connectivity index (χ3n) is 8.03. The zero-order chi connectivity index (χ0) is 25.2. The van der Waals surface area contributed by atoms with Crippen LogP contribution in [0.15, 0.2) is 47.1 Å². The number of benzene rings is 2. The van der Waals surface area contributed by atoms with Crippen LogP contribution in [0.5, 0.6) is 0 Å². The van der Waals surface area contributed by atoms with E-state index in [0.29, 0.717) is 29.1 Å². The van der Waals surface area contributed by atoms with E-state index in [2.05, 4.69) is 15.6 Å². The van der Waals surface area contributed by atoms with E-state index in [1.54, 1.807) is 24.3 Å². The van der Waals surface area contributed by atoms with Gasteiger partial charge >= 0.3 is 5.97 Å². The number of nitrogens with zero attached hydrogens (tertiary/aromatic N) is 1. The molecule has 186 valence electrons. The summed E-state index contributed by atoms with van der Waals surface area (Å²) in [6, 6.07) is 9.17. The van der Waals surface area contributed by atoms with Crippen LogP contribution in [0.2, 0.25) is 10.0 Å². The first kappa shape index (κ1) is 23.5. The highest BCUT2D eigenvalue weighted by Gasteiger charge is 2.72. The number of aromatic carboxylic acids is 1. The van der Waals surface area contributed by atoms with Crippen LogP contribution in [0.25, 0.3) is 0 Å². The van der Waals surface area contributed by atoms with Crippen LogP contribution in [0.3, 0.4) is 0 Å². The summed E-state index contributed by atoms with van der Waals surface area (Å²) in [5, 5.41) is 16.5. The molecule has 3 aliphatic rings. The third kappa shape index (κ3) is 3.11. The van der Waals surface area contributed by atoms with Crippen molar-refractivity contribution in [1.29, 1.82) is 0 Å². The molecule has 1 saturated carbocycles. The summed E-state index contributed by atoms with van der Waals surface area (Å²) < 4.78 is 21.4. The Balaban J connectivity index is 1.67. The van der Waals surface area contributed by atoms with Gasteiger partial charge < -0.3 is 14.8 Å². The van der Waals surface area contributed by atoms with Gasteiger partial charge in [0.1, 0.15) is 17.5 Å². The van der Waals surface area contributed by atoms with Gasteiger partial charge in [-0.1, -0.05) is 60.7 Å². The van der Waals surface area contributed by atoms with Crippen molar-refractivity contribution in [3.8, 4) is 0 Å². The molecule has 2 aromatic carbocycles. The van der Waals surface area contributed by atoms with Gasteiger partial charge in [-0.2, -0.15) is 0 Å². The molecule has 0 radical (unpaired) electrons. The summed E-state index contributed by atoms with van der Waals surface area (Å²) in [6.07, 6.45) is 5.13. The van der Waals surface area contributed by atoms with E-state index in [-0.39, 0.29) is 28.1 Å². The first-order valence-corrected chi connectivity index (χ1v) is 12.6. The molecular weight excluding hydrogens is 508 g/mol. The fourth-order valence-electron chi connectivity index (χ4n) is 6.73. The average molecular weight is 530 g/mol. The molecule has 7 nitrogen and oxygen atoms in total. The quantitative estimate of drug-likeness (QED) is 0.393. The second kappa shape index (κ2) is 8.30. The maximum Gasteiger partial charge on any atom is 0.357 e. The van der Waals surface area contributed by atoms with Crippen LogP contribution in [0, 0.1) is 5.82 Å². The van der Waals surface area contributed by atoms with Crippen molar-refractivity contribution in [2.45, 2.75) is 55.0 Å². The highest BCUT2D eigenvalue weighted by molar-refractivity contribution is 6.31. The van der Waals surface area contributed by atoms with Gasteiger partial charge in [-0.25, -0.2) is 14.2 Å². The molecule has 10 heteroatoms. The Bertz CT molecular complexity index is 1400. The Hall–Kier alpha value is -2.94. The summed E-state index contributed by atoms with van der Waals surface area (Å²) in [5.41, 5.74) is -0.763. The molecule has 1 aromatic heterocycles. The first-order valence-electron chi connectivity index (χ1n) is 11.8. The molecule has 0 bridgehead atoms. The lowest BCUT2D eigenvalue weighted by Gasteiger charge is -2.47. The molecule has 2 spiro atoms. The van der Waals surface area contributed by atoms with Crippen molar-refractivity contribution in [3.05, 3.63) is 81.2 Å². The van der Waals surface area contributed by atoms with Crippen molar-refractivity contribution < 1.29 is 23.5 Å². The fourth-order valence-corrected chi connectivity index (χ4v) is 7.09. The van der Waals surface area contributed by atoms with Crippen LogP contribution in [0.4, 0.5) is 10.1 Å². The van der Waals surface area contributed by atoms with Gasteiger partial charge in [0.25, 0.3) is 0 Å². The zero-order valence-corrected chi connectivity index (χ0v) is 20.5. The normalized spacial score (nSPS) is 26.4. The number of fused-ring (bicyclic) bond motifs is 3. The van der Waals surface area contributed by atoms with Crippen molar-refractivity contribution >= 4 is 40.8 Å². The minimum Gasteiger partial charge on any atom is -0.476 e. The van der Waals surface area contributed by atoms with Gasteiger partial charge in [-0.15, -0.1) is 0 Å². The van der Waals surface area contributed by atoms with Gasteiger partial charge in [0.05, 0.1) is 11.1 Å². The number of carbonyl (C=O) groups is 2. The number of hydrogen-bond acceptors (Lipinski definition) is 5. The van der Waals surface area contributed by atoms with Gasteiger partial charge in [0, 0.05) is 22.2 Å². The van der Waals surface area contributed by atoms with Crippen LogP contribution >= 0.6 is 23.2 Å². The summed E-state index contributed by atoms with van der Waals surface area (Å²) in [6.45, 7) is 0. The summed E-state index contributed by atoms with van der Waals surface area (Å²) in [7, 11) is 0. The fraction of sp³-hybridized carbons (Fsp3) is 0.346. The van der Waals surface area contributed by atoms with E-state index in [1.807, 2.05) is 6.07 Å². The predicted octanol–water partition coefficient (Wildman–Crippen LogP) is 5.84. The van der Waals surface area contributed by atoms with E-state index in [0.717, 1.165) is 25.5 Å². The molecular formula is C26H22Cl2FN3O4. The molecule has 1 amide bonds. The van der Waals surface area contributed by atoms with Crippen molar-refractivity contribution in [1.82, 2.24) is 10.3 Å². The number of carbonyl (C=O) groups excluding carboxylic acids is 1. The lowest BCUT2D eigenvalue weighted by atomic mass is 9.55. The molecule has 36 heavy (non-hydrogen) atoms. The molecule has 1 saturated heterocycles. The Kier molecular flexibility index (Phi) is 5.41. The Morgan fingerprint density at radius 1 is 1.17 bits per heavy atom. The summed E-state index contributed by atoms with van der Waals surface area (Å²) in [4.78, 5) is 30.0. The maximum atomic E-state index is 15.8. The van der Waals surface area contributed by atoms with Crippen LogP contribution in [-0.4, -0.2) is 27.5 Å². The zero-order valence-electron chi connectivity index (χ0n) is 19.0. The van der Waals surface area contributed by atoms with Crippen LogP contribution < -0.4 is 10.6 Å². The average Bonchev–Trinajstić information content (AvgIpc) is 3.52. The molecule has 2 fully saturated rings. The first-order chi connectivity index (χ1) is 17.3. The van der Waals surface area contributed by atoms with E-state index in [4.69, 9.17) is 27.6 Å². The number of hydrogen-bond donors (Lipinski definition) is 3. The minimum absolute atomic E-state index is 0.0700. The Labute approximate surface area is 216 Å². The van der Waals surface area contributed by atoms with E-state index >= 15 is 4.39 Å². The lowest BCUT2D eigenvalue weighted by molar-refractivity contribution is -0.124. The number of amides is 1. The SMILES string of the molecule is O=C(O)c1coc([C@@H]2NC3(CCCCC3)[C@@]3(C(=O)Nc4cc(Cl)ccc43)[C@H]2c2cccc(Cl)c2F)n1.